The zero-order chi connectivity index (χ0) is 17.2. The van der Waals surface area contributed by atoms with Crippen LogP contribution in [0.3, 0.4) is 0 Å². The van der Waals surface area contributed by atoms with E-state index < -0.39 is 32.5 Å². The molecule has 0 heterocycles. The van der Waals surface area contributed by atoms with E-state index >= 15 is 0 Å². The molecule has 0 atom stereocenters. The summed E-state index contributed by atoms with van der Waals surface area (Å²) in [5.41, 5.74) is -0.207. The molecule has 0 aliphatic rings. The summed E-state index contributed by atoms with van der Waals surface area (Å²) >= 11 is 0. The van der Waals surface area contributed by atoms with Crippen molar-refractivity contribution in [3.63, 3.8) is 0 Å². The number of hydrogen-bond donors (Lipinski definition) is 2. The smallest absolute Gasteiger partial charge is 0.338 e. The van der Waals surface area contributed by atoms with Crippen molar-refractivity contribution >= 4 is 21.9 Å². The second-order valence-corrected chi connectivity index (χ2v) is 5.94. The van der Waals surface area contributed by atoms with Crippen LogP contribution in [0.1, 0.15) is 26.3 Å². The summed E-state index contributed by atoms with van der Waals surface area (Å²) in [7, 11) is -3.33. The average molecular weight is 336 g/mol. The Morgan fingerprint density at radius 3 is 2.13 bits per heavy atom. The SMILES string of the molecule is COC(=O)c1ccccc1C(=O)c1ccc(S(=O)(=O)O)cc1O. The Balaban J connectivity index is 2.53. The number of hydrogen-bond acceptors (Lipinski definition) is 6. The highest BCUT2D eigenvalue weighted by Crippen LogP contribution is 2.25. The third-order valence-corrected chi connectivity index (χ3v) is 3.94. The molecular formula is C15H12O7S. The minimum absolute atomic E-state index is 0.00532. The van der Waals surface area contributed by atoms with Gasteiger partial charge >= 0.3 is 5.97 Å². The van der Waals surface area contributed by atoms with E-state index in [1.54, 1.807) is 6.07 Å². The molecule has 0 bridgehead atoms. The Bertz CT molecular complexity index is 884. The third kappa shape index (κ3) is 3.38. The van der Waals surface area contributed by atoms with E-state index in [4.69, 9.17) is 4.55 Å². The number of aromatic hydroxyl groups is 1. The van der Waals surface area contributed by atoms with Gasteiger partial charge in [0.25, 0.3) is 10.1 Å². The molecule has 0 saturated heterocycles. The molecule has 7 nitrogen and oxygen atoms in total. The van der Waals surface area contributed by atoms with Crippen LogP contribution in [-0.2, 0) is 14.9 Å². The molecule has 0 aliphatic heterocycles. The molecule has 2 N–H and O–H groups in total. The van der Waals surface area contributed by atoms with Crippen LogP contribution in [0.4, 0.5) is 0 Å². The molecule has 23 heavy (non-hydrogen) atoms. The van der Waals surface area contributed by atoms with Gasteiger partial charge < -0.3 is 9.84 Å². The summed E-state index contributed by atoms with van der Waals surface area (Å²) in [6.45, 7) is 0. The molecule has 0 amide bonds. The Kier molecular flexibility index (Phi) is 4.48. The fraction of sp³-hybridized carbons (Fsp3) is 0.0667. The highest BCUT2D eigenvalue weighted by atomic mass is 32.2. The molecule has 0 aliphatic carbocycles. The zero-order valence-corrected chi connectivity index (χ0v) is 12.7. The van der Waals surface area contributed by atoms with Crippen LogP contribution in [0.15, 0.2) is 47.4 Å². The minimum atomic E-state index is -4.50. The van der Waals surface area contributed by atoms with E-state index in [-0.39, 0.29) is 16.7 Å². The van der Waals surface area contributed by atoms with Gasteiger partial charge in [0.15, 0.2) is 5.78 Å². The minimum Gasteiger partial charge on any atom is -0.507 e. The number of esters is 1. The Labute approximate surface area is 131 Å². The highest BCUT2D eigenvalue weighted by molar-refractivity contribution is 7.85. The number of methoxy groups -OCH3 is 1. The van der Waals surface area contributed by atoms with Gasteiger partial charge in [-0.25, -0.2) is 4.79 Å². The van der Waals surface area contributed by atoms with Crippen molar-refractivity contribution in [2.24, 2.45) is 0 Å². The quantitative estimate of drug-likeness (QED) is 0.495. The van der Waals surface area contributed by atoms with Crippen molar-refractivity contribution < 1.29 is 32.4 Å². The first-order valence-corrected chi connectivity index (χ1v) is 7.72. The van der Waals surface area contributed by atoms with Crippen LogP contribution in [0.5, 0.6) is 5.75 Å². The summed E-state index contributed by atoms with van der Waals surface area (Å²) in [6, 6.07) is 8.63. The Morgan fingerprint density at radius 2 is 1.61 bits per heavy atom. The molecule has 0 unspecified atom stereocenters. The summed E-state index contributed by atoms with van der Waals surface area (Å²) < 4.78 is 35.5. The zero-order valence-electron chi connectivity index (χ0n) is 11.9. The fourth-order valence-corrected chi connectivity index (χ4v) is 2.48. The van der Waals surface area contributed by atoms with Crippen molar-refractivity contribution in [3.05, 3.63) is 59.2 Å². The van der Waals surface area contributed by atoms with Crippen LogP contribution in [0.25, 0.3) is 0 Å². The molecule has 2 aromatic carbocycles. The number of rotatable bonds is 4. The molecule has 0 aromatic heterocycles. The van der Waals surface area contributed by atoms with Crippen LogP contribution in [0.2, 0.25) is 0 Å². The number of carbonyl (C=O) groups excluding carboxylic acids is 2. The van der Waals surface area contributed by atoms with Crippen LogP contribution >= 0.6 is 0 Å². The van der Waals surface area contributed by atoms with Crippen molar-refractivity contribution in [1.82, 2.24) is 0 Å². The van der Waals surface area contributed by atoms with E-state index in [2.05, 4.69) is 4.74 Å². The van der Waals surface area contributed by atoms with Gasteiger partial charge in [0.05, 0.1) is 23.1 Å². The summed E-state index contributed by atoms with van der Waals surface area (Å²) in [5, 5.41) is 9.86. The first kappa shape index (κ1) is 16.7. The van der Waals surface area contributed by atoms with E-state index in [9.17, 15) is 23.1 Å². The van der Waals surface area contributed by atoms with Gasteiger partial charge in [0.2, 0.25) is 0 Å². The molecule has 8 heteroatoms. The molecule has 0 spiro atoms. The summed E-state index contributed by atoms with van der Waals surface area (Å²) in [5.74, 6) is -2.04. The largest absolute Gasteiger partial charge is 0.507 e. The van der Waals surface area contributed by atoms with E-state index in [0.717, 1.165) is 18.2 Å². The second kappa shape index (κ2) is 6.19. The van der Waals surface area contributed by atoms with Crippen molar-refractivity contribution in [2.75, 3.05) is 7.11 Å². The fourth-order valence-electron chi connectivity index (χ4n) is 1.98. The molecule has 0 saturated carbocycles. The van der Waals surface area contributed by atoms with Crippen molar-refractivity contribution in [2.45, 2.75) is 4.90 Å². The number of carbonyl (C=O) groups is 2. The molecule has 120 valence electrons. The van der Waals surface area contributed by atoms with Crippen molar-refractivity contribution in [1.29, 1.82) is 0 Å². The first-order valence-electron chi connectivity index (χ1n) is 6.28. The molecule has 2 rings (SSSR count). The van der Waals surface area contributed by atoms with Gasteiger partial charge in [0.1, 0.15) is 5.75 Å². The van der Waals surface area contributed by atoms with E-state index in [1.165, 1.54) is 25.3 Å². The lowest BCUT2D eigenvalue weighted by atomic mass is 9.98. The topological polar surface area (TPSA) is 118 Å². The maximum Gasteiger partial charge on any atom is 0.338 e. The monoisotopic (exact) mass is 336 g/mol. The summed E-state index contributed by atoms with van der Waals surface area (Å²) in [6.07, 6.45) is 0. The first-order chi connectivity index (χ1) is 10.8. The number of benzene rings is 2. The molecule has 0 radical (unpaired) electrons. The Hall–Kier alpha value is -2.71. The van der Waals surface area contributed by atoms with Crippen LogP contribution in [0, 0.1) is 0 Å². The normalized spacial score (nSPS) is 11.0. The molecular weight excluding hydrogens is 324 g/mol. The maximum atomic E-state index is 12.5. The lowest BCUT2D eigenvalue weighted by Crippen LogP contribution is -2.11. The standard InChI is InChI=1S/C15H12O7S/c1-22-15(18)11-5-3-2-4-10(11)14(17)12-7-6-9(8-13(12)16)23(19,20)21/h2-8,16H,1H3,(H,19,20,21). The highest BCUT2D eigenvalue weighted by Gasteiger charge is 2.22. The lowest BCUT2D eigenvalue weighted by molar-refractivity contribution is 0.0597. The third-order valence-electron chi connectivity index (χ3n) is 3.09. The van der Waals surface area contributed by atoms with Crippen molar-refractivity contribution in [3.8, 4) is 5.75 Å². The lowest BCUT2D eigenvalue weighted by Gasteiger charge is -2.09. The van der Waals surface area contributed by atoms with Gasteiger partial charge in [-0.2, -0.15) is 8.42 Å². The van der Waals surface area contributed by atoms with Gasteiger partial charge in [-0.3, -0.25) is 9.35 Å². The predicted octanol–water partition coefficient (Wildman–Crippen LogP) is 1.66. The average Bonchev–Trinajstić information content (AvgIpc) is 2.52. The van der Waals surface area contributed by atoms with E-state index in [1.807, 2.05) is 0 Å². The molecule has 2 aromatic rings. The predicted molar refractivity (Wildman–Crippen MR) is 79.1 cm³/mol. The number of phenolic OH excluding ortho intramolecular Hbond substituents is 1. The van der Waals surface area contributed by atoms with Gasteiger partial charge in [-0.05, 0) is 18.2 Å². The Morgan fingerprint density at radius 1 is 1.00 bits per heavy atom. The number of phenols is 1. The maximum absolute atomic E-state index is 12.5. The van der Waals surface area contributed by atoms with Gasteiger partial charge in [0, 0.05) is 11.6 Å². The van der Waals surface area contributed by atoms with Gasteiger partial charge in [-0.15, -0.1) is 0 Å². The van der Waals surface area contributed by atoms with Gasteiger partial charge in [-0.1, -0.05) is 18.2 Å². The second-order valence-electron chi connectivity index (χ2n) is 4.52. The number of ketones is 1. The number of ether oxygens (including phenoxy) is 1. The van der Waals surface area contributed by atoms with Crippen LogP contribution in [-0.4, -0.2) is 36.9 Å². The van der Waals surface area contributed by atoms with E-state index in [0.29, 0.717) is 0 Å². The summed E-state index contributed by atoms with van der Waals surface area (Å²) in [4.78, 5) is 23.6. The molecule has 0 fully saturated rings. The van der Waals surface area contributed by atoms with Crippen LogP contribution < -0.4 is 0 Å².